The predicted molar refractivity (Wildman–Crippen MR) is 90.2 cm³/mol. The summed E-state index contributed by atoms with van der Waals surface area (Å²) >= 11 is 5.06. The largest absolute Gasteiger partial charge is 0.389 e. The third-order valence-electron chi connectivity index (χ3n) is 3.44. The predicted octanol–water partition coefficient (Wildman–Crippen LogP) is 3.66. The molecule has 0 heterocycles. The summed E-state index contributed by atoms with van der Waals surface area (Å²) in [5.74, 6) is 0. The number of aryl methyl sites for hydroxylation is 1. The second-order valence-corrected chi connectivity index (χ2v) is 5.30. The molecule has 0 atom stereocenters. The minimum Gasteiger partial charge on any atom is -0.389 e. The van der Waals surface area contributed by atoms with Gasteiger partial charge in [-0.25, -0.2) is 0 Å². The number of rotatable bonds is 5. The van der Waals surface area contributed by atoms with Gasteiger partial charge in [-0.05, 0) is 43.2 Å². The molecule has 2 N–H and O–H groups in total. The van der Waals surface area contributed by atoms with E-state index in [2.05, 4.69) is 48.2 Å². The summed E-state index contributed by atoms with van der Waals surface area (Å²) in [6.45, 7) is 6.08. The molecule has 0 amide bonds. The van der Waals surface area contributed by atoms with Crippen LogP contribution in [0.15, 0.2) is 48.5 Å². The third kappa shape index (κ3) is 3.36. The quantitative estimate of drug-likeness (QED) is 0.850. The number of hydrogen-bond acceptors (Lipinski definition) is 2. The minimum atomic E-state index is 0.458. The van der Waals surface area contributed by atoms with Crippen molar-refractivity contribution in [3.8, 4) is 0 Å². The fourth-order valence-corrected chi connectivity index (χ4v) is 2.54. The summed E-state index contributed by atoms with van der Waals surface area (Å²) in [6.07, 6.45) is 0. The zero-order chi connectivity index (χ0) is 14.5. The average molecular weight is 284 g/mol. The Morgan fingerprint density at radius 2 is 1.85 bits per heavy atom. The van der Waals surface area contributed by atoms with E-state index in [1.54, 1.807) is 0 Å². The summed E-state index contributed by atoms with van der Waals surface area (Å²) in [5, 5.41) is 0. The number of thiocarbonyl (C=S) groups is 1. The molecule has 0 spiro atoms. The molecule has 20 heavy (non-hydrogen) atoms. The van der Waals surface area contributed by atoms with Crippen LogP contribution in [0.25, 0.3) is 0 Å². The molecule has 104 valence electrons. The van der Waals surface area contributed by atoms with Gasteiger partial charge in [0.05, 0.1) is 0 Å². The van der Waals surface area contributed by atoms with Crippen molar-refractivity contribution in [3.63, 3.8) is 0 Å². The van der Waals surface area contributed by atoms with Crippen molar-refractivity contribution in [2.45, 2.75) is 20.4 Å². The Labute approximate surface area is 126 Å². The van der Waals surface area contributed by atoms with Crippen LogP contribution in [0.3, 0.4) is 0 Å². The second kappa shape index (κ2) is 6.53. The van der Waals surface area contributed by atoms with Crippen molar-refractivity contribution in [2.24, 2.45) is 5.73 Å². The number of nitrogens with two attached hydrogens (primary N) is 1. The van der Waals surface area contributed by atoms with Crippen molar-refractivity contribution in [1.82, 2.24) is 0 Å². The molecule has 0 aliphatic carbocycles. The number of hydrogen-bond donors (Lipinski definition) is 1. The van der Waals surface area contributed by atoms with Gasteiger partial charge in [0, 0.05) is 24.3 Å². The Morgan fingerprint density at radius 1 is 1.15 bits per heavy atom. The highest BCUT2D eigenvalue weighted by Crippen LogP contribution is 2.21. The number of nitrogens with zero attached hydrogens (tertiary/aromatic N) is 1. The lowest BCUT2D eigenvalue weighted by Gasteiger charge is -2.24. The molecule has 0 unspecified atom stereocenters. The summed E-state index contributed by atoms with van der Waals surface area (Å²) in [6, 6.07) is 16.8. The van der Waals surface area contributed by atoms with Crippen LogP contribution in [0.2, 0.25) is 0 Å². The van der Waals surface area contributed by atoms with Gasteiger partial charge in [-0.3, -0.25) is 0 Å². The Kier molecular flexibility index (Phi) is 4.74. The molecule has 0 aliphatic heterocycles. The number of anilines is 1. The second-order valence-electron chi connectivity index (χ2n) is 4.86. The van der Waals surface area contributed by atoms with E-state index in [-0.39, 0.29) is 0 Å². The van der Waals surface area contributed by atoms with Gasteiger partial charge in [-0.1, -0.05) is 42.5 Å². The monoisotopic (exact) mass is 284 g/mol. The first-order valence-corrected chi connectivity index (χ1v) is 7.22. The molecule has 0 fully saturated rings. The molecule has 0 aromatic heterocycles. The Morgan fingerprint density at radius 3 is 2.40 bits per heavy atom. The van der Waals surface area contributed by atoms with E-state index in [1.165, 1.54) is 11.3 Å². The molecule has 2 rings (SSSR count). The molecule has 2 nitrogen and oxygen atoms in total. The van der Waals surface area contributed by atoms with Crippen LogP contribution in [0.1, 0.15) is 23.6 Å². The highest BCUT2D eigenvalue weighted by atomic mass is 32.1. The number of benzene rings is 2. The van der Waals surface area contributed by atoms with E-state index in [1.807, 2.05) is 19.1 Å². The maximum Gasteiger partial charge on any atom is 0.104 e. The Bertz CT molecular complexity index is 593. The standard InChI is InChI=1S/C17H20N2S/c1-3-19(12-14-7-5-4-6-8-14)15-9-10-16(17(18)20)13(2)11-15/h4-11H,3,12H2,1-2H3,(H2,18,20). The first kappa shape index (κ1) is 14.5. The summed E-state index contributed by atoms with van der Waals surface area (Å²) < 4.78 is 0. The van der Waals surface area contributed by atoms with Crippen molar-refractivity contribution in [2.75, 3.05) is 11.4 Å². The fourth-order valence-electron chi connectivity index (χ4n) is 2.31. The fraction of sp³-hybridized carbons (Fsp3) is 0.235. The Balaban J connectivity index is 2.24. The van der Waals surface area contributed by atoms with Crippen molar-refractivity contribution >= 4 is 22.9 Å². The maximum absolute atomic E-state index is 5.71. The van der Waals surface area contributed by atoms with E-state index >= 15 is 0 Å². The summed E-state index contributed by atoms with van der Waals surface area (Å²) in [4.78, 5) is 2.80. The van der Waals surface area contributed by atoms with E-state index in [4.69, 9.17) is 18.0 Å². The molecule has 0 radical (unpaired) electrons. The van der Waals surface area contributed by atoms with Gasteiger partial charge in [-0.2, -0.15) is 0 Å². The van der Waals surface area contributed by atoms with E-state index in [0.29, 0.717) is 4.99 Å². The summed E-state index contributed by atoms with van der Waals surface area (Å²) in [5.41, 5.74) is 10.3. The lowest BCUT2D eigenvalue weighted by Crippen LogP contribution is -2.22. The Hall–Kier alpha value is -1.87. The molecule has 2 aromatic rings. The maximum atomic E-state index is 5.71. The molecule has 2 aromatic carbocycles. The van der Waals surface area contributed by atoms with Crippen LogP contribution >= 0.6 is 12.2 Å². The van der Waals surface area contributed by atoms with Crippen molar-refractivity contribution in [3.05, 3.63) is 65.2 Å². The highest BCUT2D eigenvalue weighted by molar-refractivity contribution is 7.80. The summed E-state index contributed by atoms with van der Waals surface area (Å²) in [7, 11) is 0. The zero-order valence-electron chi connectivity index (χ0n) is 12.0. The van der Waals surface area contributed by atoms with Crippen LogP contribution in [-0.2, 0) is 6.54 Å². The topological polar surface area (TPSA) is 29.3 Å². The van der Waals surface area contributed by atoms with E-state index in [0.717, 1.165) is 24.2 Å². The first-order chi connectivity index (χ1) is 9.61. The third-order valence-corrected chi connectivity index (χ3v) is 3.66. The van der Waals surface area contributed by atoms with Crippen LogP contribution in [0, 0.1) is 6.92 Å². The molecular weight excluding hydrogens is 264 g/mol. The smallest absolute Gasteiger partial charge is 0.104 e. The van der Waals surface area contributed by atoms with E-state index < -0.39 is 0 Å². The molecule has 0 saturated carbocycles. The lowest BCUT2D eigenvalue weighted by molar-refractivity contribution is 0.831. The van der Waals surface area contributed by atoms with Crippen LogP contribution < -0.4 is 10.6 Å². The van der Waals surface area contributed by atoms with Crippen molar-refractivity contribution < 1.29 is 0 Å². The van der Waals surface area contributed by atoms with Crippen molar-refractivity contribution in [1.29, 1.82) is 0 Å². The van der Waals surface area contributed by atoms with Gasteiger partial charge >= 0.3 is 0 Å². The molecule has 0 aliphatic rings. The van der Waals surface area contributed by atoms with Crippen LogP contribution in [-0.4, -0.2) is 11.5 Å². The van der Waals surface area contributed by atoms with Crippen LogP contribution in [0.5, 0.6) is 0 Å². The molecule has 0 bridgehead atoms. The van der Waals surface area contributed by atoms with Gasteiger partial charge in [0.25, 0.3) is 0 Å². The lowest BCUT2D eigenvalue weighted by atomic mass is 10.1. The van der Waals surface area contributed by atoms with Gasteiger partial charge < -0.3 is 10.6 Å². The molecular formula is C17H20N2S. The molecule has 3 heteroatoms. The first-order valence-electron chi connectivity index (χ1n) is 6.81. The zero-order valence-corrected chi connectivity index (χ0v) is 12.8. The molecule has 0 saturated heterocycles. The van der Waals surface area contributed by atoms with Gasteiger partial charge in [0.15, 0.2) is 0 Å². The van der Waals surface area contributed by atoms with Gasteiger partial charge in [-0.15, -0.1) is 0 Å². The van der Waals surface area contributed by atoms with Gasteiger partial charge in [0.1, 0.15) is 4.99 Å². The van der Waals surface area contributed by atoms with Gasteiger partial charge in [0.2, 0.25) is 0 Å². The highest BCUT2D eigenvalue weighted by Gasteiger charge is 2.08. The SMILES string of the molecule is CCN(Cc1ccccc1)c1ccc(C(N)=S)c(C)c1. The normalized spacial score (nSPS) is 10.3. The van der Waals surface area contributed by atoms with Crippen LogP contribution in [0.4, 0.5) is 5.69 Å². The average Bonchev–Trinajstić information content (AvgIpc) is 2.45. The minimum absolute atomic E-state index is 0.458. The van der Waals surface area contributed by atoms with E-state index in [9.17, 15) is 0 Å².